The minimum atomic E-state index is -1.16. The Balaban J connectivity index is 4.55. The Kier molecular flexibility index (Phi) is 2.64. The number of allylic oxidation sites excluding steroid dienone is 1. The van der Waals surface area contributed by atoms with Crippen LogP contribution in [0.1, 0.15) is 13.8 Å². The Morgan fingerprint density at radius 2 is 1.89 bits per heavy atom. The lowest BCUT2D eigenvalue weighted by molar-refractivity contribution is -0.133. The Morgan fingerprint density at radius 1 is 1.44 bits per heavy atom. The smallest absolute Gasteiger partial charge is 0.338 e. The van der Waals surface area contributed by atoms with Crippen LogP contribution in [0.2, 0.25) is 0 Å². The first-order valence-electron chi connectivity index (χ1n) is 2.45. The molecule has 0 aromatic heterocycles. The van der Waals surface area contributed by atoms with Crippen LogP contribution in [-0.4, -0.2) is 17.4 Å². The summed E-state index contributed by atoms with van der Waals surface area (Å²) in [5.41, 5.74) is 0.368. The Bertz CT molecular complexity index is 163. The van der Waals surface area contributed by atoms with Crippen LogP contribution < -0.4 is 0 Å². The third kappa shape index (κ3) is 2.08. The molecule has 0 unspecified atom stereocenters. The molecule has 3 nitrogen and oxygen atoms in total. The first kappa shape index (κ1) is 7.88. The summed E-state index contributed by atoms with van der Waals surface area (Å²) in [6, 6.07) is 0. The van der Waals surface area contributed by atoms with Gasteiger partial charge in [0.15, 0.2) is 6.29 Å². The number of rotatable bonds is 2. The van der Waals surface area contributed by atoms with Gasteiger partial charge >= 0.3 is 5.97 Å². The van der Waals surface area contributed by atoms with Gasteiger partial charge in [-0.05, 0) is 13.8 Å². The molecule has 0 spiro atoms. The number of hydrogen-bond donors (Lipinski definition) is 1. The number of carbonyl (C=O) groups is 2. The molecule has 0 aliphatic rings. The minimum Gasteiger partial charge on any atom is -0.478 e. The molecule has 0 aromatic rings. The number of aliphatic carboxylic acids is 1. The Hall–Kier alpha value is -1.12. The van der Waals surface area contributed by atoms with Crippen molar-refractivity contribution in [1.29, 1.82) is 0 Å². The van der Waals surface area contributed by atoms with Gasteiger partial charge < -0.3 is 5.11 Å². The molecule has 50 valence electrons. The first-order chi connectivity index (χ1) is 4.09. The van der Waals surface area contributed by atoms with Gasteiger partial charge in [0, 0.05) is 0 Å². The number of carboxylic acids is 1. The highest BCUT2D eigenvalue weighted by Crippen LogP contribution is 1.98. The summed E-state index contributed by atoms with van der Waals surface area (Å²) < 4.78 is 0. The molecule has 0 aliphatic carbocycles. The van der Waals surface area contributed by atoms with Gasteiger partial charge in [0.05, 0.1) is 5.57 Å². The SMILES string of the molecule is CC(C)=C(C=O)C(=O)O. The van der Waals surface area contributed by atoms with Crippen LogP contribution in [0.5, 0.6) is 0 Å². The highest BCUT2D eigenvalue weighted by Gasteiger charge is 2.05. The molecule has 0 aliphatic heterocycles. The number of hydrogen-bond acceptors (Lipinski definition) is 2. The van der Waals surface area contributed by atoms with Gasteiger partial charge in [-0.2, -0.15) is 0 Å². The van der Waals surface area contributed by atoms with Crippen molar-refractivity contribution in [3.05, 3.63) is 11.1 Å². The lowest BCUT2D eigenvalue weighted by Crippen LogP contribution is -2.02. The zero-order valence-corrected chi connectivity index (χ0v) is 5.34. The fourth-order valence-electron chi connectivity index (χ4n) is 0.382. The van der Waals surface area contributed by atoms with Crippen molar-refractivity contribution < 1.29 is 14.7 Å². The topological polar surface area (TPSA) is 54.4 Å². The summed E-state index contributed by atoms with van der Waals surface area (Å²) in [6.45, 7) is 3.16. The van der Waals surface area contributed by atoms with E-state index in [1.165, 1.54) is 0 Å². The number of carbonyl (C=O) groups excluding carboxylic acids is 1. The molecule has 0 radical (unpaired) electrons. The van der Waals surface area contributed by atoms with Gasteiger partial charge in [-0.25, -0.2) is 4.79 Å². The van der Waals surface area contributed by atoms with E-state index in [1.807, 2.05) is 0 Å². The molecule has 0 saturated carbocycles. The van der Waals surface area contributed by atoms with E-state index in [0.29, 0.717) is 11.9 Å². The van der Waals surface area contributed by atoms with Crippen LogP contribution in [0, 0.1) is 0 Å². The molecule has 0 aromatic carbocycles. The van der Waals surface area contributed by atoms with Crippen molar-refractivity contribution in [2.45, 2.75) is 13.8 Å². The van der Waals surface area contributed by atoms with Crippen LogP contribution in [0.4, 0.5) is 0 Å². The molecule has 0 rings (SSSR count). The molecular weight excluding hydrogens is 120 g/mol. The third-order valence-corrected chi connectivity index (χ3v) is 0.887. The third-order valence-electron chi connectivity index (χ3n) is 0.887. The van der Waals surface area contributed by atoms with E-state index in [4.69, 9.17) is 5.11 Å². The summed E-state index contributed by atoms with van der Waals surface area (Å²) in [5.74, 6) is -1.16. The average molecular weight is 128 g/mol. The minimum absolute atomic E-state index is 0.157. The summed E-state index contributed by atoms with van der Waals surface area (Å²) >= 11 is 0. The van der Waals surface area contributed by atoms with E-state index in [-0.39, 0.29) is 5.57 Å². The number of carboxylic acid groups (broad SMARTS) is 1. The van der Waals surface area contributed by atoms with Crippen molar-refractivity contribution in [1.82, 2.24) is 0 Å². The van der Waals surface area contributed by atoms with Crippen molar-refractivity contribution in [2.24, 2.45) is 0 Å². The molecule has 0 saturated heterocycles. The fourth-order valence-corrected chi connectivity index (χ4v) is 0.382. The monoisotopic (exact) mass is 128 g/mol. The van der Waals surface area contributed by atoms with E-state index in [0.717, 1.165) is 0 Å². The van der Waals surface area contributed by atoms with Crippen LogP contribution in [-0.2, 0) is 9.59 Å². The maximum atomic E-state index is 10.1. The zero-order chi connectivity index (χ0) is 7.44. The van der Waals surface area contributed by atoms with Gasteiger partial charge in [0.2, 0.25) is 0 Å². The normalized spacial score (nSPS) is 8.22. The maximum Gasteiger partial charge on any atom is 0.338 e. The molecule has 0 amide bonds. The lowest BCUT2D eigenvalue weighted by atomic mass is 10.2. The Morgan fingerprint density at radius 3 is 1.89 bits per heavy atom. The predicted octanol–water partition coefficient (Wildman–Crippen LogP) is 0.606. The van der Waals surface area contributed by atoms with Gasteiger partial charge in [-0.3, -0.25) is 4.79 Å². The van der Waals surface area contributed by atoms with Crippen molar-refractivity contribution in [3.63, 3.8) is 0 Å². The van der Waals surface area contributed by atoms with Crippen molar-refractivity contribution >= 4 is 12.3 Å². The zero-order valence-electron chi connectivity index (χ0n) is 5.34. The first-order valence-corrected chi connectivity index (χ1v) is 2.45. The standard InChI is InChI=1S/C6H8O3/c1-4(2)5(3-7)6(8)9/h3H,1-2H3,(H,8,9). The van der Waals surface area contributed by atoms with E-state index in [2.05, 4.69) is 0 Å². The maximum absolute atomic E-state index is 10.1. The lowest BCUT2D eigenvalue weighted by Gasteiger charge is -1.91. The molecule has 0 atom stereocenters. The van der Waals surface area contributed by atoms with E-state index >= 15 is 0 Å². The van der Waals surface area contributed by atoms with Gasteiger partial charge in [-0.1, -0.05) is 5.57 Å². The Labute approximate surface area is 53.0 Å². The quantitative estimate of drug-likeness (QED) is 0.256. The highest BCUT2D eigenvalue weighted by atomic mass is 16.4. The van der Waals surface area contributed by atoms with Crippen LogP contribution in [0.3, 0.4) is 0 Å². The van der Waals surface area contributed by atoms with Crippen LogP contribution in [0.15, 0.2) is 11.1 Å². The molecule has 0 heterocycles. The molecule has 9 heavy (non-hydrogen) atoms. The molecule has 3 heteroatoms. The van der Waals surface area contributed by atoms with E-state index in [1.54, 1.807) is 13.8 Å². The van der Waals surface area contributed by atoms with Gasteiger partial charge in [-0.15, -0.1) is 0 Å². The van der Waals surface area contributed by atoms with Gasteiger partial charge in [0.25, 0.3) is 0 Å². The van der Waals surface area contributed by atoms with E-state index in [9.17, 15) is 9.59 Å². The van der Waals surface area contributed by atoms with Gasteiger partial charge in [0.1, 0.15) is 0 Å². The second kappa shape index (κ2) is 3.02. The summed E-state index contributed by atoms with van der Waals surface area (Å²) in [7, 11) is 0. The average Bonchev–Trinajstić information content (AvgIpc) is 1.64. The highest BCUT2D eigenvalue weighted by molar-refractivity contribution is 6.07. The molecule has 0 fully saturated rings. The van der Waals surface area contributed by atoms with E-state index < -0.39 is 5.97 Å². The summed E-state index contributed by atoms with van der Waals surface area (Å²) in [4.78, 5) is 20.0. The number of aldehydes is 1. The fraction of sp³-hybridized carbons (Fsp3) is 0.333. The summed E-state index contributed by atoms with van der Waals surface area (Å²) in [5, 5.41) is 8.25. The van der Waals surface area contributed by atoms with Crippen LogP contribution in [0.25, 0.3) is 0 Å². The second-order valence-electron chi connectivity index (χ2n) is 1.84. The predicted molar refractivity (Wildman–Crippen MR) is 32.1 cm³/mol. The largest absolute Gasteiger partial charge is 0.478 e. The van der Waals surface area contributed by atoms with Crippen molar-refractivity contribution in [3.8, 4) is 0 Å². The summed E-state index contributed by atoms with van der Waals surface area (Å²) in [6.07, 6.45) is 0.345. The molecule has 0 bridgehead atoms. The van der Waals surface area contributed by atoms with Crippen molar-refractivity contribution in [2.75, 3.05) is 0 Å². The molecular formula is C6H8O3. The molecule has 1 N–H and O–H groups in total. The van der Waals surface area contributed by atoms with Crippen LogP contribution >= 0.6 is 0 Å². The second-order valence-corrected chi connectivity index (χ2v) is 1.84.